The second-order valence-electron chi connectivity index (χ2n) is 10.4. The lowest BCUT2D eigenvalue weighted by Gasteiger charge is -2.42. The fourth-order valence-corrected chi connectivity index (χ4v) is 5.82. The zero-order chi connectivity index (χ0) is 22.2. The van der Waals surface area contributed by atoms with Crippen LogP contribution in [0.2, 0.25) is 0 Å². The summed E-state index contributed by atoms with van der Waals surface area (Å²) in [4.78, 5) is 20.8. The minimum absolute atomic E-state index is 0.205. The van der Waals surface area contributed by atoms with Crippen LogP contribution in [0.25, 0.3) is 11.3 Å². The summed E-state index contributed by atoms with van der Waals surface area (Å²) in [6, 6.07) is 7.00. The lowest BCUT2D eigenvalue weighted by molar-refractivity contribution is -0.118. The third-order valence-corrected chi connectivity index (χ3v) is 8.08. The first-order valence-electron chi connectivity index (χ1n) is 11.5. The van der Waals surface area contributed by atoms with E-state index < -0.39 is 0 Å². The maximum atomic E-state index is 10.9. The second-order valence-corrected chi connectivity index (χ2v) is 11.3. The number of rotatable bonds is 6. The maximum absolute atomic E-state index is 10.9. The summed E-state index contributed by atoms with van der Waals surface area (Å²) in [5, 5.41) is 3.32. The molecule has 2 aromatic rings. The number of nitrogens with two attached hydrogens (primary N) is 1. The van der Waals surface area contributed by atoms with Gasteiger partial charge < -0.3 is 10.6 Å². The Morgan fingerprint density at radius 3 is 2.42 bits per heavy atom. The van der Waals surface area contributed by atoms with Crippen LogP contribution in [0.5, 0.6) is 0 Å². The molecule has 1 aliphatic carbocycles. The van der Waals surface area contributed by atoms with Gasteiger partial charge in [-0.25, -0.2) is 4.98 Å². The number of fused-ring (bicyclic) bond motifs is 1. The van der Waals surface area contributed by atoms with Gasteiger partial charge in [0.15, 0.2) is 5.13 Å². The van der Waals surface area contributed by atoms with E-state index in [-0.39, 0.29) is 16.7 Å². The largest absolute Gasteiger partial charge is 0.370 e. The summed E-state index contributed by atoms with van der Waals surface area (Å²) < 4.78 is 0. The molecule has 1 fully saturated rings. The summed E-state index contributed by atoms with van der Waals surface area (Å²) in [5.41, 5.74) is 11.0. The van der Waals surface area contributed by atoms with Crippen LogP contribution in [-0.4, -0.2) is 48.5 Å². The molecule has 6 heteroatoms. The minimum Gasteiger partial charge on any atom is -0.370 e. The summed E-state index contributed by atoms with van der Waals surface area (Å²) >= 11 is 1.75. The van der Waals surface area contributed by atoms with Gasteiger partial charge in [-0.3, -0.25) is 9.69 Å². The number of aromatic nitrogens is 1. The number of hydrogen-bond acceptors (Lipinski definition) is 5. The Hall–Kier alpha value is -1.92. The van der Waals surface area contributed by atoms with E-state index in [1.54, 1.807) is 11.3 Å². The van der Waals surface area contributed by atoms with Crippen molar-refractivity contribution in [2.24, 2.45) is 5.73 Å². The van der Waals surface area contributed by atoms with Gasteiger partial charge in [0.2, 0.25) is 5.91 Å². The van der Waals surface area contributed by atoms with Crippen molar-refractivity contribution in [3.05, 3.63) is 34.7 Å². The molecule has 168 valence electrons. The highest BCUT2D eigenvalue weighted by Crippen LogP contribution is 2.46. The fourth-order valence-electron chi connectivity index (χ4n) is 4.93. The zero-order valence-electron chi connectivity index (χ0n) is 19.4. The average Bonchev–Trinajstić information content (AvgIpc) is 3.22. The SMILES string of the molecule is CC1(C)CCC(C)(C)c2cc(-c3csc(N4CCN(CCCC(N)=O)CC4)n3)ccc21. The lowest BCUT2D eigenvalue weighted by Crippen LogP contribution is -2.46. The number of primary amides is 1. The molecule has 4 rings (SSSR count). The van der Waals surface area contributed by atoms with Crippen LogP contribution in [0.3, 0.4) is 0 Å². The Morgan fingerprint density at radius 1 is 1.06 bits per heavy atom. The summed E-state index contributed by atoms with van der Waals surface area (Å²) in [5.74, 6) is -0.205. The molecule has 0 bridgehead atoms. The number of nitrogens with zero attached hydrogens (tertiary/aromatic N) is 3. The van der Waals surface area contributed by atoms with E-state index in [1.807, 2.05) is 0 Å². The number of thiazole rings is 1. The summed E-state index contributed by atoms with van der Waals surface area (Å²) in [6.45, 7) is 14.4. The molecule has 1 aliphatic heterocycles. The van der Waals surface area contributed by atoms with Crippen molar-refractivity contribution in [3.63, 3.8) is 0 Å². The number of carbonyl (C=O) groups excluding carboxylic acids is 1. The number of amides is 1. The highest BCUT2D eigenvalue weighted by Gasteiger charge is 2.37. The van der Waals surface area contributed by atoms with Gasteiger partial charge in [-0.15, -0.1) is 11.3 Å². The molecular weight excluding hydrogens is 404 g/mol. The molecule has 1 amide bonds. The van der Waals surface area contributed by atoms with E-state index in [1.165, 1.54) is 29.5 Å². The van der Waals surface area contributed by atoms with Gasteiger partial charge in [0.1, 0.15) is 0 Å². The monoisotopic (exact) mass is 440 g/mol. The molecular formula is C25H36N4OS. The lowest BCUT2D eigenvalue weighted by atomic mass is 9.63. The molecule has 0 saturated carbocycles. The number of anilines is 1. The first kappa shape index (κ1) is 22.3. The Kier molecular flexibility index (Phi) is 6.14. The van der Waals surface area contributed by atoms with Gasteiger partial charge in [0, 0.05) is 43.5 Å². The Labute approximate surface area is 190 Å². The molecule has 31 heavy (non-hydrogen) atoms. The summed E-state index contributed by atoms with van der Waals surface area (Å²) in [6.07, 6.45) is 3.79. The molecule has 1 aromatic carbocycles. The van der Waals surface area contributed by atoms with Crippen molar-refractivity contribution in [1.29, 1.82) is 0 Å². The third kappa shape index (κ3) is 4.80. The van der Waals surface area contributed by atoms with Crippen LogP contribution in [0.4, 0.5) is 5.13 Å². The molecule has 2 aliphatic rings. The van der Waals surface area contributed by atoms with E-state index in [0.717, 1.165) is 50.0 Å². The second kappa shape index (κ2) is 8.55. The van der Waals surface area contributed by atoms with Crippen molar-refractivity contribution >= 4 is 22.4 Å². The number of carbonyl (C=O) groups is 1. The van der Waals surface area contributed by atoms with Crippen molar-refractivity contribution < 1.29 is 4.79 Å². The van der Waals surface area contributed by atoms with Gasteiger partial charge in [-0.1, -0.05) is 39.8 Å². The maximum Gasteiger partial charge on any atom is 0.217 e. The predicted molar refractivity (Wildman–Crippen MR) is 130 cm³/mol. The van der Waals surface area contributed by atoms with E-state index in [2.05, 4.69) is 61.1 Å². The van der Waals surface area contributed by atoms with Crippen LogP contribution >= 0.6 is 11.3 Å². The smallest absolute Gasteiger partial charge is 0.217 e. The highest BCUT2D eigenvalue weighted by atomic mass is 32.1. The number of benzene rings is 1. The van der Waals surface area contributed by atoms with Crippen molar-refractivity contribution in [2.75, 3.05) is 37.6 Å². The quantitative estimate of drug-likeness (QED) is 0.716. The average molecular weight is 441 g/mol. The molecule has 5 nitrogen and oxygen atoms in total. The first-order valence-corrected chi connectivity index (χ1v) is 12.4. The van der Waals surface area contributed by atoms with Gasteiger partial charge in [0.05, 0.1) is 5.69 Å². The van der Waals surface area contributed by atoms with Crippen LogP contribution in [0.15, 0.2) is 23.6 Å². The van der Waals surface area contributed by atoms with Crippen LogP contribution in [0.1, 0.15) is 64.5 Å². The standard InChI is InChI=1S/C25H36N4OS/c1-24(2)9-10-25(3,4)20-16-18(7-8-19(20)24)21-17-31-23(27-21)29-14-12-28(13-15-29)11-5-6-22(26)30/h7-8,16-17H,5-6,9-15H2,1-4H3,(H2,26,30). The van der Waals surface area contributed by atoms with Crippen LogP contribution in [-0.2, 0) is 15.6 Å². The van der Waals surface area contributed by atoms with Gasteiger partial charge in [0.25, 0.3) is 0 Å². The van der Waals surface area contributed by atoms with Crippen molar-refractivity contribution in [1.82, 2.24) is 9.88 Å². The first-order chi connectivity index (χ1) is 14.7. The predicted octanol–water partition coefficient (Wildman–Crippen LogP) is 4.55. The molecule has 2 N–H and O–H groups in total. The van der Waals surface area contributed by atoms with E-state index in [4.69, 9.17) is 10.7 Å². The van der Waals surface area contributed by atoms with Gasteiger partial charge >= 0.3 is 0 Å². The molecule has 0 radical (unpaired) electrons. The van der Waals surface area contributed by atoms with Gasteiger partial charge in [-0.05, 0) is 53.8 Å². The van der Waals surface area contributed by atoms with Crippen molar-refractivity contribution in [2.45, 2.75) is 64.2 Å². The highest BCUT2D eigenvalue weighted by molar-refractivity contribution is 7.14. The Balaban J connectivity index is 1.45. The van der Waals surface area contributed by atoms with E-state index in [0.29, 0.717) is 6.42 Å². The number of piperazine rings is 1. The topological polar surface area (TPSA) is 62.5 Å². The Bertz CT molecular complexity index is 941. The van der Waals surface area contributed by atoms with Crippen LogP contribution < -0.4 is 10.6 Å². The van der Waals surface area contributed by atoms with E-state index in [9.17, 15) is 4.79 Å². The zero-order valence-corrected chi connectivity index (χ0v) is 20.2. The minimum atomic E-state index is -0.205. The molecule has 1 aromatic heterocycles. The fraction of sp³-hybridized carbons (Fsp3) is 0.600. The van der Waals surface area contributed by atoms with Gasteiger partial charge in [-0.2, -0.15) is 0 Å². The normalized spacial score (nSPS) is 20.5. The van der Waals surface area contributed by atoms with Crippen molar-refractivity contribution in [3.8, 4) is 11.3 Å². The van der Waals surface area contributed by atoms with Crippen LogP contribution in [0, 0.1) is 0 Å². The van der Waals surface area contributed by atoms with E-state index >= 15 is 0 Å². The third-order valence-electron chi connectivity index (χ3n) is 7.18. The molecule has 2 heterocycles. The molecule has 0 spiro atoms. The molecule has 0 atom stereocenters. The number of hydrogen-bond donors (Lipinski definition) is 1. The molecule has 1 saturated heterocycles. The Morgan fingerprint density at radius 2 is 1.74 bits per heavy atom. The summed E-state index contributed by atoms with van der Waals surface area (Å²) in [7, 11) is 0. The molecule has 0 unspecified atom stereocenters.